The zero-order chi connectivity index (χ0) is 29.5. The molecule has 2 atom stereocenters. The summed E-state index contributed by atoms with van der Waals surface area (Å²) in [6.07, 6.45) is 3.89. The van der Waals surface area contributed by atoms with Gasteiger partial charge >= 0.3 is 0 Å². The third-order valence-corrected chi connectivity index (χ3v) is 8.23. The van der Waals surface area contributed by atoms with Gasteiger partial charge in [-0.2, -0.15) is 0 Å². The van der Waals surface area contributed by atoms with Crippen LogP contribution in [0, 0.1) is 0 Å². The molecule has 0 aliphatic carbocycles. The van der Waals surface area contributed by atoms with Crippen LogP contribution in [0.25, 0.3) is 0 Å². The molecule has 0 aliphatic rings. The molecule has 1 aromatic heterocycles. The van der Waals surface area contributed by atoms with E-state index in [1.54, 1.807) is 33.5 Å². The van der Waals surface area contributed by atoms with Crippen LogP contribution in [0.1, 0.15) is 43.2 Å². The van der Waals surface area contributed by atoms with Gasteiger partial charge in [0.1, 0.15) is 17.2 Å². The maximum atomic E-state index is 13.1. The zero-order valence-corrected chi connectivity index (χ0v) is 24.7. The van der Waals surface area contributed by atoms with Crippen LogP contribution in [0.15, 0.2) is 59.8 Å². The summed E-state index contributed by atoms with van der Waals surface area (Å²) in [6.45, 7) is 6.87. The van der Waals surface area contributed by atoms with Crippen molar-refractivity contribution >= 4 is 28.9 Å². The highest BCUT2D eigenvalue weighted by atomic mass is 32.2. The molecule has 0 bridgehead atoms. The molecule has 1 unspecified atom stereocenters. The van der Waals surface area contributed by atoms with Crippen LogP contribution in [0.4, 0.5) is 5.82 Å². The number of carbonyl (C=O) groups is 1. The Balaban J connectivity index is 1.81. The maximum absolute atomic E-state index is 13.1. The molecule has 1 heterocycles. The maximum Gasteiger partial charge on any atom is 0.257 e. The molecule has 216 valence electrons. The number of carbonyl (C=O) groups excluding carboxylic acids is 1. The number of amides is 1. The Morgan fingerprint density at radius 3 is 2.27 bits per heavy atom. The number of hydrogen-bond donors (Lipinski definition) is 2. The number of aliphatic hydroxyl groups excluding tert-OH is 1. The molecule has 2 aromatic carbocycles. The average Bonchev–Trinajstić information content (AvgIpc) is 2.84. The summed E-state index contributed by atoms with van der Waals surface area (Å²) in [6, 6.07) is 10.5. The van der Waals surface area contributed by atoms with Gasteiger partial charge in [-0.05, 0) is 57.2 Å². The van der Waals surface area contributed by atoms with Gasteiger partial charge < -0.3 is 24.4 Å². The van der Waals surface area contributed by atoms with E-state index in [1.165, 1.54) is 48.8 Å². The monoisotopic (exact) mass is 591 g/mol. The molecule has 0 aliphatic heterocycles. The lowest BCUT2D eigenvalue weighted by Crippen LogP contribution is -2.16. The van der Waals surface area contributed by atoms with E-state index in [1.807, 2.05) is 0 Å². The van der Waals surface area contributed by atoms with Crippen LogP contribution >= 0.6 is 7.37 Å². The number of rotatable bonds is 13. The Morgan fingerprint density at radius 1 is 1.02 bits per heavy atom. The number of sulfone groups is 1. The minimum Gasteiger partial charge on any atom is -0.490 e. The topological polar surface area (TPSA) is 154 Å². The molecule has 2 N–H and O–H groups in total. The van der Waals surface area contributed by atoms with E-state index >= 15 is 0 Å². The summed E-state index contributed by atoms with van der Waals surface area (Å²) in [5, 5.41) is 11.9. The highest BCUT2D eigenvalue weighted by molar-refractivity contribution is 7.90. The van der Waals surface area contributed by atoms with Gasteiger partial charge in [-0.3, -0.25) is 14.3 Å². The molecule has 40 heavy (non-hydrogen) atoms. The number of aromatic nitrogens is 2. The first-order valence-electron chi connectivity index (χ1n) is 12.5. The third-order valence-electron chi connectivity index (χ3n) is 5.33. The van der Waals surface area contributed by atoms with Crippen LogP contribution in [0.3, 0.4) is 0 Å². The summed E-state index contributed by atoms with van der Waals surface area (Å²) in [5.74, 6) is 0.639. The highest BCUT2D eigenvalue weighted by Crippen LogP contribution is 2.46. The van der Waals surface area contributed by atoms with Crippen molar-refractivity contribution in [1.82, 2.24) is 9.97 Å². The second kappa shape index (κ2) is 13.4. The number of anilines is 1. The molecule has 0 saturated heterocycles. The van der Waals surface area contributed by atoms with Gasteiger partial charge in [0.05, 0.1) is 41.4 Å². The second-order valence-electron chi connectivity index (χ2n) is 9.65. The largest absolute Gasteiger partial charge is 0.490 e. The fourth-order valence-electron chi connectivity index (χ4n) is 3.66. The van der Waals surface area contributed by atoms with Gasteiger partial charge in [0.25, 0.3) is 5.91 Å². The van der Waals surface area contributed by atoms with Crippen molar-refractivity contribution in [3.05, 3.63) is 66.1 Å². The molecule has 0 fully saturated rings. The first-order valence-corrected chi connectivity index (χ1v) is 16.7. The van der Waals surface area contributed by atoms with Gasteiger partial charge in [-0.25, -0.2) is 13.4 Å². The van der Waals surface area contributed by atoms with Crippen LogP contribution in [-0.2, 0) is 25.1 Å². The van der Waals surface area contributed by atoms with Gasteiger partial charge in [0.2, 0.25) is 7.37 Å². The fourth-order valence-corrected chi connectivity index (χ4v) is 6.01. The summed E-state index contributed by atoms with van der Waals surface area (Å²) in [5.41, 5.74) is 0.668. The number of aliphatic hydroxyl groups is 1. The molecule has 1 amide bonds. The van der Waals surface area contributed by atoms with Crippen LogP contribution in [-0.4, -0.2) is 61.1 Å². The van der Waals surface area contributed by atoms with E-state index in [2.05, 4.69) is 15.3 Å². The minimum absolute atomic E-state index is 0.0663. The number of nitrogens with one attached hydrogen (secondary N) is 1. The van der Waals surface area contributed by atoms with Crippen molar-refractivity contribution in [2.45, 2.75) is 50.5 Å². The third kappa shape index (κ3) is 9.71. The quantitative estimate of drug-likeness (QED) is 0.262. The predicted octanol–water partition coefficient (Wildman–Crippen LogP) is 4.91. The summed E-state index contributed by atoms with van der Waals surface area (Å²) >= 11 is 0. The van der Waals surface area contributed by atoms with E-state index in [0.717, 1.165) is 6.26 Å². The van der Waals surface area contributed by atoms with E-state index < -0.39 is 23.1 Å². The lowest BCUT2D eigenvalue weighted by Gasteiger charge is -2.16. The zero-order valence-electron chi connectivity index (χ0n) is 23.0. The van der Waals surface area contributed by atoms with Gasteiger partial charge in [0, 0.05) is 37.6 Å². The SMILES string of the molecule is CC(C)OP(C)(=O)Cc1cnc(NC(=O)c2cc(Oc3ccc(S(C)(=O)=O)cc3)cc(O[C@@H](C)CCO)c2)cn1. The molecule has 0 spiro atoms. The Morgan fingerprint density at radius 2 is 1.70 bits per heavy atom. The van der Waals surface area contributed by atoms with E-state index in [9.17, 15) is 22.9 Å². The van der Waals surface area contributed by atoms with Crippen molar-refractivity contribution in [3.63, 3.8) is 0 Å². The van der Waals surface area contributed by atoms with Crippen molar-refractivity contribution < 1.29 is 36.9 Å². The molecular formula is C27H34N3O8PS. The normalized spacial score (nSPS) is 13.9. The van der Waals surface area contributed by atoms with E-state index in [0.29, 0.717) is 23.6 Å². The standard InChI is InChI=1S/C27H34N3O8PS/c1-18(2)38-39(4,33)17-21-15-29-26(16-28-21)30-27(32)20-12-23(36-19(3)10-11-31)14-24(13-20)37-22-6-8-25(9-7-22)40(5,34)35/h6-9,12-16,18-19,31H,10-11,17H2,1-5H3,(H,29,30,32)/t19-,39?/m0/s1. The summed E-state index contributed by atoms with van der Waals surface area (Å²) < 4.78 is 53.3. The minimum atomic E-state index is -3.36. The van der Waals surface area contributed by atoms with Crippen LogP contribution in [0.2, 0.25) is 0 Å². The van der Waals surface area contributed by atoms with E-state index in [-0.39, 0.29) is 47.0 Å². The number of benzene rings is 2. The Kier molecular flexibility index (Phi) is 10.4. The molecule has 3 rings (SSSR count). The fraction of sp³-hybridized carbons (Fsp3) is 0.370. The van der Waals surface area contributed by atoms with Crippen LogP contribution in [0.5, 0.6) is 17.2 Å². The van der Waals surface area contributed by atoms with Gasteiger partial charge in [-0.15, -0.1) is 0 Å². The summed E-state index contributed by atoms with van der Waals surface area (Å²) in [4.78, 5) is 21.7. The molecule has 0 radical (unpaired) electrons. The molecule has 11 nitrogen and oxygen atoms in total. The Labute approximate surface area is 234 Å². The highest BCUT2D eigenvalue weighted by Gasteiger charge is 2.20. The number of ether oxygens (including phenoxy) is 2. The average molecular weight is 592 g/mol. The predicted molar refractivity (Wildman–Crippen MR) is 151 cm³/mol. The summed E-state index contributed by atoms with van der Waals surface area (Å²) in [7, 11) is -6.26. The number of nitrogens with zero attached hydrogens (tertiary/aromatic N) is 2. The first-order chi connectivity index (χ1) is 18.7. The van der Waals surface area contributed by atoms with Crippen molar-refractivity contribution in [2.24, 2.45) is 0 Å². The first kappa shape index (κ1) is 31.2. The van der Waals surface area contributed by atoms with E-state index in [4.69, 9.17) is 14.0 Å². The Bertz CT molecular complexity index is 1460. The molecule has 3 aromatic rings. The Hall–Kier alpha value is -3.31. The molecular weight excluding hydrogens is 557 g/mol. The van der Waals surface area contributed by atoms with Gasteiger partial charge in [-0.1, -0.05) is 0 Å². The van der Waals surface area contributed by atoms with Crippen molar-refractivity contribution in [3.8, 4) is 17.2 Å². The molecule has 13 heteroatoms. The van der Waals surface area contributed by atoms with Crippen molar-refractivity contribution in [1.29, 1.82) is 0 Å². The lowest BCUT2D eigenvalue weighted by atomic mass is 10.1. The smallest absolute Gasteiger partial charge is 0.257 e. The lowest BCUT2D eigenvalue weighted by molar-refractivity contribution is 0.102. The van der Waals surface area contributed by atoms with Crippen LogP contribution < -0.4 is 14.8 Å². The second-order valence-corrected chi connectivity index (χ2v) is 14.2. The van der Waals surface area contributed by atoms with Gasteiger partial charge in [0.15, 0.2) is 15.7 Å². The number of hydrogen-bond acceptors (Lipinski definition) is 10. The van der Waals surface area contributed by atoms with Crippen molar-refractivity contribution in [2.75, 3.05) is 24.8 Å². The molecule has 0 saturated carbocycles.